The second-order valence-corrected chi connectivity index (χ2v) is 9.87. The molecule has 2 aromatic rings. The topological polar surface area (TPSA) is 131 Å². The van der Waals surface area contributed by atoms with Gasteiger partial charge in [0, 0.05) is 24.7 Å². The quantitative estimate of drug-likeness (QED) is 0.603. The van der Waals surface area contributed by atoms with Gasteiger partial charge in [0.2, 0.25) is 11.8 Å². The van der Waals surface area contributed by atoms with Crippen LogP contribution < -0.4 is 15.4 Å². The molecule has 4 rings (SSSR count). The molecule has 0 radical (unpaired) electrons. The summed E-state index contributed by atoms with van der Waals surface area (Å²) in [6, 6.07) is 12.4. The van der Waals surface area contributed by atoms with Gasteiger partial charge in [-0.25, -0.2) is 4.39 Å². The molecule has 4 atom stereocenters. The van der Waals surface area contributed by atoms with Crippen molar-refractivity contribution in [3.8, 4) is 6.07 Å². The van der Waals surface area contributed by atoms with Crippen LogP contribution in [0.3, 0.4) is 0 Å². The van der Waals surface area contributed by atoms with Crippen LogP contribution in [0.4, 0.5) is 10.1 Å². The second-order valence-electron chi connectivity index (χ2n) is 8.11. The normalized spacial score (nSPS) is 26.1. The SMILES string of the molecule is CN1C(C(=O)Nc2ccc(F)c(C#N)c2)CC(C(=O)NC2CC2c2ccccc2)NS1(=O)=O. The predicted molar refractivity (Wildman–Crippen MR) is 117 cm³/mol. The third-order valence-electron chi connectivity index (χ3n) is 5.89. The second kappa shape index (κ2) is 8.90. The first-order valence-corrected chi connectivity index (χ1v) is 11.7. The third kappa shape index (κ3) is 4.88. The minimum atomic E-state index is -4.09. The van der Waals surface area contributed by atoms with Crippen molar-refractivity contribution in [3.05, 3.63) is 65.5 Å². The van der Waals surface area contributed by atoms with Gasteiger partial charge in [0.1, 0.15) is 24.0 Å². The minimum Gasteiger partial charge on any atom is -0.351 e. The molecule has 2 fully saturated rings. The average molecular weight is 472 g/mol. The molecule has 0 spiro atoms. The number of halogens is 1. The number of nitriles is 1. The number of anilines is 1. The number of nitrogens with one attached hydrogen (secondary N) is 3. The molecule has 1 saturated heterocycles. The number of amides is 2. The molecular formula is C22H22FN5O4S. The Morgan fingerprint density at radius 3 is 2.58 bits per heavy atom. The van der Waals surface area contributed by atoms with Crippen molar-refractivity contribution < 1.29 is 22.4 Å². The number of hydrogen-bond donors (Lipinski definition) is 3. The Hall–Kier alpha value is -3.33. The van der Waals surface area contributed by atoms with Gasteiger partial charge in [0.05, 0.1) is 5.56 Å². The number of carbonyl (C=O) groups is 2. The zero-order valence-corrected chi connectivity index (χ0v) is 18.5. The molecule has 1 aliphatic heterocycles. The van der Waals surface area contributed by atoms with Crippen LogP contribution in [-0.2, 0) is 19.8 Å². The fraction of sp³-hybridized carbons (Fsp3) is 0.318. The Morgan fingerprint density at radius 1 is 1.15 bits per heavy atom. The van der Waals surface area contributed by atoms with E-state index in [1.165, 1.54) is 13.1 Å². The molecule has 1 aliphatic carbocycles. The van der Waals surface area contributed by atoms with E-state index >= 15 is 0 Å². The molecule has 9 nitrogen and oxygen atoms in total. The van der Waals surface area contributed by atoms with E-state index in [4.69, 9.17) is 5.26 Å². The van der Waals surface area contributed by atoms with E-state index in [2.05, 4.69) is 15.4 Å². The summed E-state index contributed by atoms with van der Waals surface area (Å²) in [7, 11) is -2.86. The van der Waals surface area contributed by atoms with E-state index in [1.807, 2.05) is 30.3 Å². The van der Waals surface area contributed by atoms with Crippen molar-refractivity contribution in [2.75, 3.05) is 12.4 Å². The van der Waals surface area contributed by atoms with Crippen LogP contribution >= 0.6 is 0 Å². The lowest BCUT2D eigenvalue weighted by atomic mass is 10.1. The summed E-state index contributed by atoms with van der Waals surface area (Å²) in [5, 5.41) is 14.3. The highest BCUT2D eigenvalue weighted by atomic mass is 32.2. The number of hydrogen-bond acceptors (Lipinski definition) is 5. The number of nitrogens with zero attached hydrogens (tertiary/aromatic N) is 2. The van der Waals surface area contributed by atoms with Gasteiger partial charge in [-0.2, -0.15) is 22.7 Å². The first kappa shape index (κ1) is 22.8. The monoisotopic (exact) mass is 471 g/mol. The van der Waals surface area contributed by atoms with Gasteiger partial charge >= 0.3 is 0 Å². The molecule has 1 heterocycles. The first-order valence-electron chi connectivity index (χ1n) is 10.3. The number of rotatable bonds is 5. The van der Waals surface area contributed by atoms with Gasteiger partial charge in [-0.15, -0.1) is 0 Å². The fourth-order valence-electron chi connectivity index (χ4n) is 3.90. The zero-order valence-electron chi connectivity index (χ0n) is 17.7. The van der Waals surface area contributed by atoms with Gasteiger partial charge in [-0.3, -0.25) is 9.59 Å². The van der Waals surface area contributed by atoms with Gasteiger partial charge < -0.3 is 10.6 Å². The standard InChI is InChI=1S/C22H22FN5O4S/c1-28-20(22(30)25-15-7-8-17(23)14(9-15)12-24)11-19(27-33(28,31)32)21(29)26-18-10-16(18)13-5-3-2-4-6-13/h2-9,16,18-20,27H,10-11H2,1H3,(H,25,30)(H,26,29). The van der Waals surface area contributed by atoms with Crippen LogP contribution in [-0.4, -0.2) is 49.7 Å². The highest BCUT2D eigenvalue weighted by Gasteiger charge is 2.45. The lowest BCUT2D eigenvalue weighted by Gasteiger charge is -2.35. The van der Waals surface area contributed by atoms with Crippen LogP contribution in [0.2, 0.25) is 0 Å². The largest absolute Gasteiger partial charge is 0.351 e. The Morgan fingerprint density at radius 2 is 1.88 bits per heavy atom. The van der Waals surface area contributed by atoms with Crippen LogP contribution in [0.15, 0.2) is 48.5 Å². The average Bonchev–Trinajstić information content (AvgIpc) is 3.56. The smallest absolute Gasteiger partial charge is 0.280 e. The molecule has 172 valence electrons. The Balaban J connectivity index is 1.44. The molecular weight excluding hydrogens is 449 g/mol. The van der Waals surface area contributed by atoms with Gasteiger partial charge in [-0.05, 0) is 36.6 Å². The Labute approximate surface area is 190 Å². The van der Waals surface area contributed by atoms with Gasteiger partial charge in [0.15, 0.2) is 0 Å². The summed E-state index contributed by atoms with van der Waals surface area (Å²) in [5.74, 6) is -1.75. The van der Waals surface area contributed by atoms with E-state index < -0.39 is 39.9 Å². The van der Waals surface area contributed by atoms with Crippen molar-refractivity contribution in [2.45, 2.75) is 36.9 Å². The van der Waals surface area contributed by atoms with Crippen LogP contribution in [0.25, 0.3) is 0 Å². The van der Waals surface area contributed by atoms with Gasteiger partial charge in [0.25, 0.3) is 10.2 Å². The molecule has 2 aliphatic rings. The maximum atomic E-state index is 13.5. The maximum absolute atomic E-state index is 13.5. The van der Waals surface area contributed by atoms with Crippen molar-refractivity contribution in [1.82, 2.24) is 14.3 Å². The Kier molecular flexibility index (Phi) is 6.16. The Bertz CT molecular complexity index is 1230. The highest BCUT2D eigenvalue weighted by Crippen LogP contribution is 2.40. The lowest BCUT2D eigenvalue weighted by molar-refractivity contribution is -0.124. The summed E-state index contributed by atoms with van der Waals surface area (Å²) in [6.45, 7) is 0. The van der Waals surface area contributed by atoms with Crippen LogP contribution in [0.1, 0.15) is 29.9 Å². The number of benzene rings is 2. The first-order chi connectivity index (χ1) is 15.7. The maximum Gasteiger partial charge on any atom is 0.280 e. The van der Waals surface area contributed by atoms with Crippen molar-refractivity contribution in [1.29, 1.82) is 5.26 Å². The van der Waals surface area contributed by atoms with Crippen LogP contribution in [0, 0.1) is 17.1 Å². The van der Waals surface area contributed by atoms with E-state index in [0.29, 0.717) is 0 Å². The molecule has 0 aromatic heterocycles. The summed E-state index contributed by atoms with van der Waals surface area (Å²) in [4.78, 5) is 25.6. The summed E-state index contributed by atoms with van der Waals surface area (Å²) in [6.07, 6.45) is 0.660. The molecule has 3 N–H and O–H groups in total. The summed E-state index contributed by atoms with van der Waals surface area (Å²) >= 11 is 0. The van der Waals surface area contributed by atoms with E-state index in [0.717, 1.165) is 28.4 Å². The van der Waals surface area contributed by atoms with Crippen molar-refractivity contribution in [3.63, 3.8) is 0 Å². The molecule has 2 aromatic carbocycles. The molecule has 11 heteroatoms. The molecule has 2 amide bonds. The third-order valence-corrected chi connectivity index (χ3v) is 7.48. The molecule has 33 heavy (non-hydrogen) atoms. The highest BCUT2D eigenvalue weighted by molar-refractivity contribution is 7.87. The summed E-state index contributed by atoms with van der Waals surface area (Å²) in [5.41, 5.74) is 0.987. The molecule has 4 unspecified atom stereocenters. The zero-order chi connectivity index (χ0) is 23.8. The number of carbonyl (C=O) groups excluding carboxylic acids is 2. The molecule has 1 saturated carbocycles. The fourth-order valence-corrected chi connectivity index (χ4v) is 5.15. The van der Waals surface area contributed by atoms with E-state index in [1.54, 1.807) is 6.07 Å². The molecule has 0 bridgehead atoms. The van der Waals surface area contributed by atoms with E-state index in [-0.39, 0.29) is 29.6 Å². The predicted octanol–water partition coefficient (Wildman–Crippen LogP) is 1.22. The van der Waals surface area contributed by atoms with Crippen LogP contribution in [0.5, 0.6) is 0 Å². The lowest BCUT2D eigenvalue weighted by Crippen LogP contribution is -2.62. The van der Waals surface area contributed by atoms with Gasteiger partial charge in [-0.1, -0.05) is 30.3 Å². The number of likely N-dealkylation sites (N-methyl/N-ethyl adjacent to an activating group) is 1. The van der Waals surface area contributed by atoms with Crippen molar-refractivity contribution in [2.24, 2.45) is 0 Å². The van der Waals surface area contributed by atoms with Crippen molar-refractivity contribution >= 4 is 27.7 Å². The summed E-state index contributed by atoms with van der Waals surface area (Å²) < 4.78 is 41.8. The van der Waals surface area contributed by atoms with E-state index in [9.17, 15) is 22.4 Å². The minimum absolute atomic E-state index is 0.0948.